The molecule has 3 nitrogen and oxygen atoms in total. The molecule has 3 unspecified atom stereocenters. The first-order valence-electron chi connectivity index (χ1n) is 6.66. The lowest BCUT2D eigenvalue weighted by molar-refractivity contribution is 0.139. The minimum Gasteiger partial charge on any atom is -0.317 e. The van der Waals surface area contributed by atoms with Gasteiger partial charge in [-0.15, -0.1) is 0 Å². The minimum atomic E-state index is 0.614. The summed E-state index contributed by atoms with van der Waals surface area (Å²) in [5, 5.41) is 3.34. The molecule has 1 saturated heterocycles. The van der Waals surface area contributed by atoms with Crippen molar-refractivity contribution >= 4 is 0 Å². The summed E-state index contributed by atoms with van der Waals surface area (Å²) in [4.78, 5) is 5.14. The largest absolute Gasteiger partial charge is 0.317 e. The van der Waals surface area contributed by atoms with Gasteiger partial charge in [-0.1, -0.05) is 0 Å². The molecule has 0 saturated carbocycles. The van der Waals surface area contributed by atoms with E-state index in [-0.39, 0.29) is 0 Å². The lowest BCUT2D eigenvalue weighted by atomic mass is 10.1. The molecule has 1 heterocycles. The molecule has 1 rings (SSSR count). The second-order valence-corrected chi connectivity index (χ2v) is 5.48. The molecular weight excluding hydrogens is 198 g/mol. The van der Waals surface area contributed by atoms with E-state index in [1.807, 2.05) is 0 Å². The number of hydrogen-bond acceptors (Lipinski definition) is 3. The Morgan fingerprint density at radius 2 is 2.00 bits per heavy atom. The van der Waals surface area contributed by atoms with Gasteiger partial charge >= 0.3 is 0 Å². The van der Waals surface area contributed by atoms with Gasteiger partial charge in [0.05, 0.1) is 0 Å². The molecule has 1 aliphatic heterocycles. The third kappa shape index (κ3) is 4.04. The molecule has 3 heteroatoms. The van der Waals surface area contributed by atoms with E-state index >= 15 is 0 Å². The summed E-state index contributed by atoms with van der Waals surface area (Å²) < 4.78 is 0. The van der Waals surface area contributed by atoms with Crippen LogP contribution < -0.4 is 5.32 Å². The summed E-state index contributed by atoms with van der Waals surface area (Å²) in [5.41, 5.74) is 0. The highest BCUT2D eigenvalue weighted by Gasteiger charge is 2.24. The predicted molar refractivity (Wildman–Crippen MR) is 70.9 cm³/mol. The first-order valence-corrected chi connectivity index (χ1v) is 6.66. The third-order valence-electron chi connectivity index (χ3n) is 3.85. The average molecular weight is 227 g/mol. The fourth-order valence-corrected chi connectivity index (χ4v) is 2.81. The summed E-state index contributed by atoms with van der Waals surface area (Å²) in [6.07, 6.45) is 2.55. The zero-order valence-corrected chi connectivity index (χ0v) is 11.7. The second-order valence-electron chi connectivity index (χ2n) is 5.48. The average Bonchev–Trinajstić information content (AvgIpc) is 2.38. The third-order valence-corrected chi connectivity index (χ3v) is 3.85. The zero-order chi connectivity index (χ0) is 12.1. The van der Waals surface area contributed by atoms with Gasteiger partial charge in [-0.3, -0.25) is 4.90 Å². The second kappa shape index (κ2) is 6.58. The molecule has 3 atom stereocenters. The van der Waals surface area contributed by atoms with Gasteiger partial charge in [-0.05, 0) is 60.8 Å². The Labute approximate surface area is 101 Å². The fraction of sp³-hybridized carbons (Fsp3) is 1.00. The van der Waals surface area contributed by atoms with E-state index < -0.39 is 0 Å². The smallest absolute Gasteiger partial charge is 0.0197 e. The summed E-state index contributed by atoms with van der Waals surface area (Å²) in [6, 6.07) is 1.98. The van der Waals surface area contributed by atoms with Crippen molar-refractivity contribution in [3.63, 3.8) is 0 Å². The number of nitrogens with zero attached hydrogens (tertiary/aromatic N) is 2. The number of likely N-dealkylation sites (N-methyl/N-ethyl adjacent to an activating group) is 1. The van der Waals surface area contributed by atoms with Gasteiger partial charge in [0.25, 0.3) is 0 Å². The molecule has 0 amide bonds. The molecule has 16 heavy (non-hydrogen) atoms. The van der Waals surface area contributed by atoms with Gasteiger partial charge in [-0.2, -0.15) is 0 Å². The van der Waals surface area contributed by atoms with Crippen LogP contribution in [-0.2, 0) is 0 Å². The van der Waals surface area contributed by atoms with Gasteiger partial charge < -0.3 is 10.2 Å². The lowest BCUT2D eigenvalue weighted by Crippen LogP contribution is -2.45. The van der Waals surface area contributed by atoms with Crippen molar-refractivity contribution in [3.8, 4) is 0 Å². The van der Waals surface area contributed by atoms with Gasteiger partial charge in [-0.25, -0.2) is 0 Å². The Hall–Kier alpha value is -0.120. The van der Waals surface area contributed by atoms with Crippen LogP contribution in [0.25, 0.3) is 0 Å². The van der Waals surface area contributed by atoms with Crippen molar-refractivity contribution in [1.29, 1.82) is 0 Å². The number of rotatable bonds is 4. The Morgan fingerprint density at radius 3 is 2.62 bits per heavy atom. The standard InChI is InChI=1S/C13H29N3/c1-11(14-4)9-12(2)16-8-6-7-15(5)10-13(16)3/h11-14H,6-10H2,1-5H3. The summed E-state index contributed by atoms with van der Waals surface area (Å²) in [5.74, 6) is 0. The van der Waals surface area contributed by atoms with E-state index in [4.69, 9.17) is 0 Å². The SMILES string of the molecule is CNC(C)CC(C)N1CCCN(C)CC1C. The van der Waals surface area contributed by atoms with Crippen molar-refractivity contribution in [3.05, 3.63) is 0 Å². The van der Waals surface area contributed by atoms with E-state index in [0.29, 0.717) is 18.1 Å². The van der Waals surface area contributed by atoms with Crippen LogP contribution in [0.3, 0.4) is 0 Å². The lowest BCUT2D eigenvalue weighted by Gasteiger charge is -2.34. The van der Waals surface area contributed by atoms with E-state index in [9.17, 15) is 0 Å². The highest BCUT2D eigenvalue weighted by atomic mass is 15.2. The van der Waals surface area contributed by atoms with Crippen LogP contribution in [0.2, 0.25) is 0 Å². The fourth-order valence-electron chi connectivity index (χ4n) is 2.81. The Kier molecular flexibility index (Phi) is 5.73. The molecule has 0 bridgehead atoms. The van der Waals surface area contributed by atoms with E-state index in [1.54, 1.807) is 0 Å². The van der Waals surface area contributed by atoms with Gasteiger partial charge in [0.15, 0.2) is 0 Å². The topological polar surface area (TPSA) is 18.5 Å². The molecule has 1 N–H and O–H groups in total. The molecule has 1 fully saturated rings. The van der Waals surface area contributed by atoms with Crippen LogP contribution in [0.1, 0.15) is 33.6 Å². The van der Waals surface area contributed by atoms with E-state index in [0.717, 1.165) is 0 Å². The highest BCUT2D eigenvalue weighted by Crippen LogP contribution is 2.15. The monoisotopic (exact) mass is 227 g/mol. The van der Waals surface area contributed by atoms with Crippen molar-refractivity contribution in [2.75, 3.05) is 33.7 Å². The van der Waals surface area contributed by atoms with Crippen LogP contribution in [0.4, 0.5) is 0 Å². The summed E-state index contributed by atoms with van der Waals surface area (Å²) >= 11 is 0. The Bertz CT molecular complexity index is 196. The molecule has 1 aliphatic rings. The van der Waals surface area contributed by atoms with Crippen LogP contribution in [-0.4, -0.2) is 61.7 Å². The minimum absolute atomic E-state index is 0.614. The van der Waals surface area contributed by atoms with Crippen LogP contribution in [0, 0.1) is 0 Å². The van der Waals surface area contributed by atoms with Gasteiger partial charge in [0.2, 0.25) is 0 Å². The zero-order valence-electron chi connectivity index (χ0n) is 11.7. The van der Waals surface area contributed by atoms with Crippen LogP contribution in [0.5, 0.6) is 0 Å². The highest BCUT2D eigenvalue weighted by molar-refractivity contribution is 4.81. The van der Waals surface area contributed by atoms with Crippen LogP contribution >= 0.6 is 0 Å². The summed E-state index contributed by atoms with van der Waals surface area (Å²) in [7, 11) is 4.29. The van der Waals surface area contributed by atoms with Crippen LogP contribution in [0.15, 0.2) is 0 Å². The number of hydrogen-bond donors (Lipinski definition) is 1. The molecule has 0 spiro atoms. The molecule has 0 radical (unpaired) electrons. The van der Waals surface area contributed by atoms with E-state index in [2.05, 4.69) is 50.0 Å². The van der Waals surface area contributed by atoms with Crippen molar-refractivity contribution in [1.82, 2.24) is 15.1 Å². The molecular formula is C13H29N3. The summed E-state index contributed by atoms with van der Waals surface area (Å²) in [6.45, 7) is 10.7. The maximum Gasteiger partial charge on any atom is 0.0197 e. The Balaban J connectivity index is 2.49. The van der Waals surface area contributed by atoms with E-state index in [1.165, 1.54) is 32.5 Å². The maximum absolute atomic E-state index is 3.34. The number of nitrogens with one attached hydrogen (secondary N) is 1. The van der Waals surface area contributed by atoms with Crippen molar-refractivity contribution < 1.29 is 0 Å². The maximum atomic E-state index is 3.34. The van der Waals surface area contributed by atoms with Crippen molar-refractivity contribution in [2.24, 2.45) is 0 Å². The quantitative estimate of drug-likeness (QED) is 0.783. The predicted octanol–water partition coefficient (Wildman–Crippen LogP) is 1.40. The van der Waals surface area contributed by atoms with Crippen molar-refractivity contribution in [2.45, 2.75) is 51.7 Å². The molecule has 96 valence electrons. The molecule has 0 aromatic carbocycles. The molecule has 0 aliphatic carbocycles. The first-order chi connectivity index (χ1) is 7.54. The molecule has 0 aromatic heterocycles. The first kappa shape index (κ1) is 13.9. The molecule has 0 aromatic rings. The van der Waals surface area contributed by atoms with Gasteiger partial charge in [0.1, 0.15) is 0 Å². The normalized spacial score (nSPS) is 28.7. The Morgan fingerprint density at radius 1 is 1.31 bits per heavy atom. The van der Waals surface area contributed by atoms with Gasteiger partial charge in [0, 0.05) is 24.7 Å².